The molecule has 0 radical (unpaired) electrons. The molecule has 0 fully saturated rings. The van der Waals surface area contributed by atoms with Gasteiger partial charge in [0.15, 0.2) is 0 Å². The van der Waals surface area contributed by atoms with Gasteiger partial charge >= 0.3 is 11.9 Å². The van der Waals surface area contributed by atoms with Crippen molar-refractivity contribution in [2.75, 3.05) is 13.2 Å². The number of aromatic nitrogens is 2. The molecule has 2 aliphatic carbocycles. The van der Waals surface area contributed by atoms with Crippen LogP contribution in [0.3, 0.4) is 0 Å². The number of aliphatic imine (C=N–C) groups is 1. The summed E-state index contributed by atoms with van der Waals surface area (Å²) in [4.78, 5) is 30.5. The fraction of sp³-hybridized carbons (Fsp3) is 0.211. The number of esters is 2. The van der Waals surface area contributed by atoms with Crippen LogP contribution >= 0.6 is 0 Å². The van der Waals surface area contributed by atoms with Crippen molar-refractivity contribution in [3.05, 3.63) is 226 Å². The number of fused-ring (bicyclic) bond motifs is 12. The molecule has 2 aliphatic rings. The third-order valence-electron chi connectivity index (χ3n) is 15.8. The van der Waals surface area contributed by atoms with Gasteiger partial charge in [-0.25, -0.2) is 9.59 Å². The first-order chi connectivity index (χ1) is 39.5. The summed E-state index contributed by atoms with van der Waals surface area (Å²) in [6.45, 7) is 6.27. The Morgan fingerprint density at radius 2 is 0.900 bits per heavy atom. The quantitative estimate of drug-likeness (QED) is 0.0250. The summed E-state index contributed by atoms with van der Waals surface area (Å²) in [5.74, 6) is -0.648. The molecule has 9 nitrogen and oxygen atoms in total. The van der Waals surface area contributed by atoms with Crippen molar-refractivity contribution in [3.8, 4) is 22.3 Å². The molecule has 9 heteroatoms. The molecule has 10 aromatic rings. The predicted molar refractivity (Wildman–Crippen MR) is 328 cm³/mol. The molecule has 0 atom stereocenters. The Labute approximate surface area is 466 Å². The van der Waals surface area contributed by atoms with Crippen molar-refractivity contribution in [1.29, 1.82) is 0 Å². The van der Waals surface area contributed by atoms with Crippen LogP contribution in [0.5, 0.6) is 0 Å². The monoisotopic (exact) mass is 1050 g/mol. The van der Waals surface area contributed by atoms with E-state index in [-0.39, 0.29) is 11.9 Å². The Morgan fingerprint density at radius 3 is 1.48 bits per heavy atom. The van der Waals surface area contributed by atoms with Crippen LogP contribution in [-0.2, 0) is 22.6 Å². The maximum atomic E-state index is 12.9. The molecule has 0 aliphatic heterocycles. The number of aryl methyl sites for hydroxylation is 2. The summed E-state index contributed by atoms with van der Waals surface area (Å²) in [5, 5.41) is 14.4. The van der Waals surface area contributed by atoms with E-state index in [0.29, 0.717) is 24.3 Å². The number of hydrogen-bond acceptors (Lipinski definition) is 7. The summed E-state index contributed by atoms with van der Waals surface area (Å²) in [5.41, 5.74) is 20.8. The highest BCUT2D eigenvalue weighted by Gasteiger charge is 2.30. The van der Waals surface area contributed by atoms with E-state index in [1.54, 1.807) is 6.20 Å². The maximum absolute atomic E-state index is 12.9. The van der Waals surface area contributed by atoms with Crippen molar-refractivity contribution in [3.63, 3.8) is 0 Å². The number of carbonyl (C=O) groups is 2. The molecule has 0 unspecified atom stereocenters. The Balaban J connectivity index is 0.627. The maximum Gasteiger partial charge on any atom is 0.338 e. The van der Waals surface area contributed by atoms with E-state index in [1.807, 2.05) is 99.1 Å². The molecule has 0 saturated carbocycles. The third kappa shape index (κ3) is 10.0. The summed E-state index contributed by atoms with van der Waals surface area (Å²) in [6, 6.07) is 58.4. The first-order valence-corrected chi connectivity index (χ1v) is 28.4. The highest BCUT2D eigenvalue weighted by molar-refractivity contribution is 6.27. The van der Waals surface area contributed by atoms with Gasteiger partial charge in [-0.3, -0.25) is 4.99 Å². The van der Waals surface area contributed by atoms with Gasteiger partial charge in [-0.2, -0.15) is 5.10 Å². The zero-order valence-corrected chi connectivity index (χ0v) is 45.5. The number of ether oxygens (including phenoxy) is 2. The minimum atomic E-state index is -0.332. The van der Waals surface area contributed by atoms with Gasteiger partial charge in [0.25, 0.3) is 0 Å². The summed E-state index contributed by atoms with van der Waals surface area (Å²) >= 11 is 0. The molecule has 0 N–H and O–H groups in total. The van der Waals surface area contributed by atoms with Gasteiger partial charge < -0.3 is 18.6 Å². The molecule has 396 valence electrons. The minimum Gasteiger partial charge on any atom is -0.462 e. The third-order valence-corrected chi connectivity index (χ3v) is 15.8. The highest BCUT2D eigenvalue weighted by atomic mass is 16.5. The van der Waals surface area contributed by atoms with Crippen LogP contribution in [0.4, 0.5) is 0 Å². The van der Waals surface area contributed by atoms with E-state index in [0.717, 1.165) is 92.9 Å². The minimum absolute atomic E-state index is 0.315. The van der Waals surface area contributed by atoms with Crippen LogP contribution in [-0.4, -0.2) is 52.4 Å². The van der Waals surface area contributed by atoms with Crippen LogP contribution in [0.15, 0.2) is 197 Å². The lowest BCUT2D eigenvalue weighted by atomic mass is 9.99. The Hall–Kier alpha value is -9.17. The molecule has 0 amide bonds. The summed E-state index contributed by atoms with van der Waals surface area (Å²) in [6.07, 6.45) is 16.5. The zero-order valence-electron chi connectivity index (χ0n) is 45.5. The van der Waals surface area contributed by atoms with Crippen molar-refractivity contribution in [2.24, 2.45) is 15.2 Å². The van der Waals surface area contributed by atoms with E-state index in [2.05, 4.69) is 117 Å². The van der Waals surface area contributed by atoms with Gasteiger partial charge in [-0.15, -0.1) is 5.10 Å². The van der Waals surface area contributed by atoms with E-state index < -0.39 is 0 Å². The van der Waals surface area contributed by atoms with Crippen molar-refractivity contribution in [2.45, 2.75) is 84.7 Å². The van der Waals surface area contributed by atoms with E-state index in [1.165, 1.54) is 88.6 Å². The van der Waals surface area contributed by atoms with Gasteiger partial charge in [-0.05, 0) is 109 Å². The lowest BCUT2D eigenvalue weighted by Crippen LogP contribution is -2.07. The normalized spacial score (nSPS) is 13.0. The van der Waals surface area contributed by atoms with Crippen LogP contribution in [0.2, 0.25) is 0 Å². The lowest BCUT2D eigenvalue weighted by Gasteiger charge is -2.09. The lowest BCUT2D eigenvalue weighted by molar-refractivity contribution is 0.0517. The van der Waals surface area contributed by atoms with Gasteiger partial charge in [-0.1, -0.05) is 172 Å². The second kappa shape index (κ2) is 23.4. The van der Waals surface area contributed by atoms with E-state index >= 15 is 0 Å². The van der Waals surface area contributed by atoms with Gasteiger partial charge in [0.05, 0.1) is 36.8 Å². The predicted octanol–water partition coefficient (Wildman–Crippen LogP) is 17.0. The molecule has 2 aromatic heterocycles. The standard InChI is InChI=1S/C71H63N5O4/c1-3-79-70(77)59-32-22-30-55-51(50-24-12-13-27-54(50)67(55)59)40-41-72-46-48-36-38-65-61(44-48)52-25-16-18-34-63(52)75(65)42-20-10-8-6-5-7-9-11-21-43-76-64-35-19-17-26-53(64)62-45-49(37-39-66(62)76)47-73-74-69-57-29-15-14-28-56(57)68-58(69)31-23-33-60(68)71(78)80-4-2/h12-19,22-39,41,44-47H,3-11,20-21,42-43H2,1-2H3/b72-46?,73-47+,74-69+. The molecule has 8 aromatic carbocycles. The summed E-state index contributed by atoms with van der Waals surface area (Å²) in [7, 11) is 0. The van der Waals surface area contributed by atoms with Crippen molar-refractivity contribution < 1.29 is 19.1 Å². The second-order valence-corrected chi connectivity index (χ2v) is 20.7. The second-order valence-electron chi connectivity index (χ2n) is 20.7. The van der Waals surface area contributed by atoms with Crippen LogP contribution in [0.1, 0.15) is 126 Å². The largest absolute Gasteiger partial charge is 0.462 e. The average Bonchev–Trinajstić information content (AvgIpc) is 4.38. The number of hydrogen-bond donors (Lipinski definition) is 0. The number of nitrogens with zero attached hydrogens (tertiary/aromatic N) is 5. The smallest absolute Gasteiger partial charge is 0.338 e. The molecule has 80 heavy (non-hydrogen) atoms. The molecular weight excluding hydrogens is 987 g/mol. The summed E-state index contributed by atoms with van der Waals surface area (Å²) < 4.78 is 15.8. The first-order valence-electron chi connectivity index (χ1n) is 28.4. The SMILES string of the molecule is CCOC(=O)c1cccc2c1-c1ccccc1C2=C=CN=Cc1ccc2c(c1)c1ccccc1n2CCCCCCCCCCCn1c2ccccc2c2cc(/C=N/N=C3\c4ccccc4-c4c(C(=O)OCC)cccc43)ccc21. The van der Waals surface area contributed by atoms with Crippen molar-refractivity contribution in [1.82, 2.24) is 9.13 Å². The Morgan fingerprint density at radius 1 is 0.450 bits per heavy atom. The molecule has 2 heterocycles. The van der Waals surface area contributed by atoms with Gasteiger partial charge in [0.1, 0.15) is 5.71 Å². The number of rotatable bonds is 20. The molecule has 0 spiro atoms. The zero-order chi connectivity index (χ0) is 54.4. The van der Waals surface area contributed by atoms with Gasteiger partial charge in [0, 0.05) is 90.7 Å². The molecule has 0 bridgehead atoms. The van der Waals surface area contributed by atoms with Crippen molar-refractivity contribution >= 4 is 79.3 Å². The molecule has 12 rings (SSSR count). The fourth-order valence-corrected chi connectivity index (χ4v) is 12.2. The number of unbranched alkanes of at least 4 members (excludes halogenated alkanes) is 8. The van der Waals surface area contributed by atoms with Crippen LogP contribution < -0.4 is 0 Å². The fourth-order valence-electron chi connectivity index (χ4n) is 12.2. The van der Waals surface area contributed by atoms with E-state index in [4.69, 9.17) is 19.6 Å². The Kier molecular flexibility index (Phi) is 15.1. The van der Waals surface area contributed by atoms with Gasteiger partial charge in [0.2, 0.25) is 0 Å². The molecular formula is C71H63N5O4. The number of para-hydroxylation sites is 2. The van der Waals surface area contributed by atoms with Crippen LogP contribution in [0.25, 0.3) is 71.4 Å². The van der Waals surface area contributed by atoms with Crippen LogP contribution in [0, 0.1) is 0 Å². The van der Waals surface area contributed by atoms with E-state index in [9.17, 15) is 9.59 Å². The number of benzene rings is 8. The average molecular weight is 1050 g/mol. The number of carbonyl (C=O) groups excluding carboxylic acids is 2. The first kappa shape index (κ1) is 51.6. The molecule has 0 saturated heterocycles. The highest BCUT2D eigenvalue weighted by Crippen LogP contribution is 2.46. The topological polar surface area (TPSA) is 99.5 Å². The Bertz CT molecular complexity index is 4180.